The molecular weight excluding hydrogens is 408 g/mol. The summed E-state index contributed by atoms with van der Waals surface area (Å²) in [6.07, 6.45) is -0.574. The Morgan fingerprint density at radius 1 is 0.613 bits per heavy atom. The molecule has 0 saturated carbocycles. The SMILES string of the molecule is C[C@H](C(=O)O)N1CCN(C[C@@H](C)O)CCN([C@H](C)C(=O)O)CCN([C@H](C)C(=O)O)CC1. The van der Waals surface area contributed by atoms with E-state index in [1.807, 2.05) is 4.90 Å². The van der Waals surface area contributed by atoms with Crippen LogP contribution in [0.5, 0.6) is 0 Å². The third kappa shape index (κ3) is 9.08. The number of hydrogen-bond donors (Lipinski definition) is 4. The molecule has 180 valence electrons. The van der Waals surface area contributed by atoms with Crippen molar-refractivity contribution in [2.24, 2.45) is 0 Å². The number of nitrogens with zero attached hydrogens (tertiary/aromatic N) is 4. The number of aliphatic hydroxyl groups excluding tert-OH is 1. The molecule has 0 spiro atoms. The second kappa shape index (κ2) is 12.9. The van der Waals surface area contributed by atoms with Gasteiger partial charge in [0.15, 0.2) is 0 Å². The van der Waals surface area contributed by atoms with E-state index in [1.54, 1.807) is 42.4 Å². The van der Waals surface area contributed by atoms with Gasteiger partial charge in [-0.05, 0) is 27.7 Å². The Balaban J connectivity index is 3.12. The van der Waals surface area contributed by atoms with Gasteiger partial charge in [0.2, 0.25) is 0 Å². The summed E-state index contributed by atoms with van der Waals surface area (Å²) in [5.74, 6) is -2.88. The van der Waals surface area contributed by atoms with Gasteiger partial charge in [-0.2, -0.15) is 0 Å². The lowest BCUT2D eigenvalue weighted by Crippen LogP contribution is -2.54. The number of carboxylic acids is 3. The molecular formula is C20H38N4O7. The van der Waals surface area contributed by atoms with Crippen molar-refractivity contribution >= 4 is 17.9 Å². The summed E-state index contributed by atoms with van der Waals surface area (Å²) >= 11 is 0. The molecule has 31 heavy (non-hydrogen) atoms. The first kappa shape index (κ1) is 27.2. The fraction of sp³-hybridized carbons (Fsp3) is 0.850. The molecule has 0 aromatic carbocycles. The van der Waals surface area contributed by atoms with E-state index >= 15 is 0 Å². The van der Waals surface area contributed by atoms with Crippen LogP contribution in [0.4, 0.5) is 0 Å². The molecule has 0 radical (unpaired) electrons. The standard InChI is InChI=1S/C20H38N4O7/c1-14(25)13-21-5-7-22(15(2)18(26)27)9-11-24(17(4)20(30)31)12-10-23(8-6-21)16(3)19(28)29/h14-17,25H,5-13H2,1-4H3,(H,26,27)(H,28,29)(H,30,31)/t14-,15-,16-,17-/m1/s1. The largest absolute Gasteiger partial charge is 0.480 e. The number of β-amino-alcohol motifs (C(OH)–C–C–N with tert-alkyl or cyclic N) is 1. The Labute approximate surface area is 183 Å². The van der Waals surface area contributed by atoms with Crippen molar-refractivity contribution in [2.45, 2.75) is 51.9 Å². The predicted octanol–water partition coefficient (Wildman–Crippen LogP) is -0.992. The summed E-state index contributed by atoms with van der Waals surface area (Å²) in [5, 5.41) is 38.3. The van der Waals surface area contributed by atoms with Crippen molar-refractivity contribution in [2.75, 3.05) is 58.9 Å². The first-order chi connectivity index (χ1) is 14.4. The summed E-state index contributed by atoms with van der Waals surface area (Å²) in [7, 11) is 0. The summed E-state index contributed by atoms with van der Waals surface area (Å²) in [6, 6.07) is -2.25. The number of rotatable bonds is 8. The van der Waals surface area contributed by atoms with Crippen LogP contribution >= 0.6 is 0 Å². The fourth-order valence-electron chi connectivity index (χ4n) is 3.69. The molecule has 1 fully saturated rings. The highest BCUT2D eigenvalue weighted by Gasteiger charge is 2.28. The monoisotopic (exact) mass is 446 g/mol. The van der Waals surface area contributed by atoms with Crippen LogP contribution < -0.4 is 0 Å². The molecule has 0 aromatic heterocycles. The van der Waals surface area contributed by atoms with Gasteiger partial charge in [-0.25, -0.2) is 0 Å². The number of hydrogen-bond acceptors (Lipinski definition) is 8. The molecule has 11 nitrogen and oxygen atoms in total. The molecule has 1 heterocycles. The maximum Gasteiger partial charge on any atom is 0.320 e. The molecule has 0 amide bonds. The fourth-order valence-corrected chi connectivity index (χ4v) is 3.69. The number of carboxylic acid groups (broad SMARTS) is 3. The van der Waals surface area contributed by atoms with Gasteiger partial charge in [-0.1, -0.05) is 0 Å². The number of aliphatic hydroxyl groups is 1. The van der Waals surface area contributed by atoms with E-state index in [2.05, 4.69) is 0 Å². The molecule has 0 unspecified atom stereocenters. The van der Waals surface area contributed by atoms with E-state index in [0.717, 1.165) is 0 Å². The van der Waals surface area contributed by atoms with Crippen molar-refractivity contribution in [3.05, 3.63) is 0 Å². The van der Waals surface area contributed by atoms with E-state index in [0.29, 0.717) is 58.9 Å². The van der Waals surface area contributed by atoms with E-state index in [9.17, 15) is 34.8 Å². The van der Waals surface area contributed by atoms with Gasteiger partial charge in [0.1, 0.15) is 18.1 Å². The quantitative estimate of drug-likeness (QED) is 0.364. The summed E-state index contributed by atoms with van der Waals surface area (Å²) < 4.78 is 0. The Morgan fingerprint density at radius 3 is 1.10 bits per heavy atom. The minimum atomic E-state index is -0.981. The average Bonchev–Trinajstić information content (AvgIpc) is 2.68. The minimum absolute atomic E-state index is 0.344. The maximum absolute atomic E-state index is 11.6. The molecule has 0 bridgehead atoms. The Morgan fingerprint density at radius 2 is 0.871 bits per heavy atom. The van der Waals surface area contributed by atoms with Gasteiger partial charge < -0.3 is 20.4 Å². The van der Waals surface area contributed by atoms with Crippen molar-refractivity contribution in [1.29, 1.82) is 0 Å². The Bertz CT molecular complexity index is 568. The van der Waals surface area contributed by atoms with Crippen molar-refractivity contribution in [3.63, 3.8) is 0 Å². The first-order valence-electron chi connectivity index (χ1n) is 10.7. The highest BCUT2D eigenvalue weighted by atomic mass is 16.4. The third-order valence-corrected chi connectivity index (χ3v) is 5.99. The zero-order chi connectivity index (χ0) is 23.7. The molecule has 1 saturated heterocycles. The summed E-state index contributed by atoms with van der Waals surface area (Å²) in [4.78, 5) is 42.1. The van der Waals surface area contributed by atoms with Crippen LogP contribution in [0.15, 0.2) is 0 Å². The van der Waals surface area contributed by atoms with Gasteiger partial charge in [0.05, 0.1) is 6.10 Å². The topological polar surface area (TPSA) is 145 Å². The molecule has 1 aliphatic rings. The molecule has 4 atom stereocenters. The van der Waals surface area contributed by atoms with Gasteiger partial charge in [-0.15, -0.1) is 0 Å². The van der Waals surface area contributed by atoms with Crippen molar-refractivity contribution in [1.82, 2.24) is 19.6 Å². The van der Waals surface area contributed by atoms with Crippen LogP contribution in [0, 0.1) is 0 Å². The summed E-state index contributed by atoms with van der Waals surface area (Å²) in [6.45, 7) is 10.2. The molecule has 1 rings (SSSR count). The van der Waals surface area contributed by atoms with Crippen LogP contribution in [0.25, 0.3) is 0 Å². The maximum atomic E-state index is 11.6. The van der Waals surface area contributed by atoms with Crippen LogP contribution in [-0.2, 0) is 14.4 Å². The lowest BCUT2D eigenvalue weighted by Gasteiger charge is -2.37. The predicted molar refractivity (Wildman–Crippen MR) is 114 cm³/mol. The van der Waals surface area contributed by atoms with Crippen LogP contribution in [0.2, 0.25) is 0 Å². The molecule has 4 N–H and O–H groups in total. The van der Waals surface area contributed by atoms with E-state index in [-0.39, 0.29) is 0 Å². The third-order valence-electron chi connectivity index (χ3n) is 5.99. The number of aliphatic carboxylic acids is 3. The van der Waals surface area contributed by atoms with E-state index < -0.39 is 42.1 Å². The first-order valence-corrected chi connectivity index (χ1v) is 10.7. The van der Waals surface area contributed by atoms with Gasteiger partial charge >= 0.3 is 17.9 Å². The van der Waals surface area contributed by atoms with E-state index in [1.165, 1.54) is 0 Å². The van der Waals surface area contributed by atoms with Crippen LogP contribution in [0.1, 0.15) is 27.7 Å². The Hall–Kier alpha value is -1.79. The second-order valence-electron chi connectivity index (χ2n) is 8.30. The second-order valence-corrected chi connectivity index (χ2v) is 8.30. The van der Waals surface area contributed by atoms with Crippen LogP contribution in [0.3, 0.4) is 0 Å². The van der Waals surface area contributed by atoms with Crippen molar-refractivity contribution in [3.8, 4) is 0 Å². The minimum Gasteiger partial charge on any atom is -0.480 e. The molecule has 0 aliphatic carbocycles. The molecule has 1 aliphatic heterocycles. The smallest absolute Gasteiger partial charge is 0.320 e. The highest BCUT2D eigenvalue weighted by Crippen LogP contribution is 2.09. The zero-order valence-corrected chi connectivity index (χ0v) is 19.0. The lowest BCUT2D eigenvalue weighted by atomic mass is 10.2. The highest BCUT2D eigenvalue weighted by molar-refractivity contribution is 5.73. The van der Waals surface area contributed by atoms with Crippen molar-refractivity contribution < 1.29 is 34.8 Å². The average molecular weight is 447 g/mol. The summed E-state index contributed by atoms with van der Waals surface area (Å²) in [5.41, 5.74) is 0. The van der Waals surface area contributed by atoms with Gasteiger partial charge in [0, 0.05) is 58.9 Å². The zero-order valence-electron chi connectivity index (χ0n) is 19.0. The van der Waals surface area contributed by atoms with Gasteiger partial charge in [-0.3, -0.25) is 34.0 Å². The van der Waals surface area contributed by atoms with Crippen LogP contribution in [-0.4, -0.2) is 141 Å². The normalized spacial score (nSPS) is 23.1. The molecule has 11 heteroatoms. The molecule has 0 aromatic rings. The lowest BCUT2D eigenvalue weighted by molar-refractivity contribution is -0.145. The van der Waals surface area contributed by atoms with E-state index in [4.69, 9.17) is 0 Å². The number of carbonyl (C=O) groups is 3. The Kier molecular flexibility index (Phi) is 11.4. The van der Waals surface area contributed by atoms with Gasteiger partial charge in [0.25, 0.3) is 0 Å².